The topological polar surface area (TPSA) is 89.9 Å². The first kappa shape index (κ1) is 24.4. The van der Waals surface area contributed by atoms with Crippen molar-refractivity contribution in [2.75, 3.05) is 0 Å². The van der Waals surface area contributed by atoms with Gasteiger partial charge in [-0.3, -0.25) is 0 Å². The highest BCUT2D eigenvalue weighted by atomic mass is 32.2. The smallest absolute Gasteiger partial charge is 0.504 e. The molecule has 0 radical (unpaired) electrons. The number of aromatic hydroxyl groups is 1. The van der Waals surface area contributed by atoms with Gasteiger partial charge in [-0.1, -0.05) is 24.3 Å². The van der Waals surface area contributed by atoms with Gasteiger partial charge in [-0.2, -0.15) is 21.6 Å². The minimum absolute atomic E-state index is 0.0732. The second kappa shape index (κ2) is 8.66. The molecule has 0 atom stereocenters. The summed E-state index contributed by atoms with van der Waals surface area (Å²) in [5.74, 6) is -1.42. The third kappa shape index (κ3) is 4.40. The summed E-state index contributed by atoms with van der Waals surface area (Å²) in [5.41, 5.74) is -4.61. The molecule has 0 bridgehead atoms. The van der Waals surface area contributed by atoms with Crippen molar-refractivity contribution in [3.8, 4) is 11.5 Å². The molecule has 0 saturated heterocycles. The van der Waals surface area contributed by atoms with Crippen molar-refractivity contribution in [3.05, 3.63) is 84.4 Å². The molecule has 2 heterocycles. The quantitative estimate of drug-likeness (QED) is 0.141. The van der Waals surface area contributed by atoms with Crippen LogP contribution in [0.5, 0.6) is 11.5 Å². The zero-order valence-corrected chi connectivity index (χ0v) is 19.0. The molecule has 190 valence electrons. The van der Waals surface area contributed by atoms with Crippen molar-refractivity contribution >= 4 is 54.0 Å². The minimum Gasteiger partial charge on any atom is -0.504 e. The molecule has 0 aliphatic rings. The average molecular weight is 536 g/mol. The Morgan fingerprint density at radius 2 is 1.22 bits per heavy atom. The SMILES string of the molecule is O=S(=O)(Oc1cccc2c1oc1ccc(F)cc12)C(F)(F)F.Oc1cccc2c1oc1ccc(F)cc12. The predicted molar refractivity (Wildman–Crippen MR) is 125 cm³/mol. The lowest BCUT2D eigenvalue weighted by molar-refractivity contribution is -0.0499. The monoisotopic (exact) mass is 536 g/mol. The van der Waals surface area contributed by atoms with Gasteiger partial charge in [0, 0.05) is 21.5 Å². The van der Waals surface area contributed by atoms with Crippen LogP contribution in [-0.4, -0.2) is 19.0 Å². The van der Waals surface area contributed by atoms with E-state index >= 15 is 0 Å². The van der Waals surface area contributed by atoms with Crippen molar-refractivity contribution in [2.24, 2.45) is 0 Å². The first-order valence-electron chi connectivity index (χ1n) is 10.4. The number of phenols is 1. The third-order valence-electron chi connectivity index (χ3n) is 5.34. The zero-order chi connectivity index (χ0) is 26.5. The number of halogens is 5. The summed E-state index contributed by atoms with van der Waals surface area (Å²) in [5, 5.41) is 11.5. The number of para-hydroxylation sites is 2. The van der Waals surface area contributed by atoms with E-state index < -0.39 is 27.2 Å². The van der Waals surface area contributed by atoms with Crippen molar-refractivity contribution in [1.29, 1.82) is 0 Å². The molecule has 12 heteroatoms. The molecule has 0 saturated carbocycles. The molecule has 0 spiro atoms. The highest BCUT2D eigenvalue weighted by Gasteiger charge is 2.49. The molecule has 6 rings (SSSR count). The maximum absolute atomic E-state index is 13.3. The first-order valence-corrected chi connectivity index (χ1v) is 11.8. The molecule has 2 aromatic heterocycles. The maximum atomic E-state index is 13.3. The number of hydrogen-bond donors (Lipinski definition) is 1. The molecule has 6 nitrogen and oxygen atoms in total. The van der Waals surface area contributed by atoms with Gasteiger partial charge in [-0.25, -0.2) is 8.78 Å². The number of phenolic OH excluding ortho intramolecular Hbond substituents is 1. The van der Waals surface area contributed by atoms with E-state index in [-0.39, 0.29) is 28.1 Å². The van der Waals surface area contributed by atoms with Gasteiger partial charge in [0.05, 0.1) is 0 Å². The largest absolute Gasteiger partial charge is 0.534 e. The van der Waals surface area contributed by atoms with Crippen LogP contribution in [0.1, 0.15) is 0 Å². The van der Waals surface area contributed by atoms with Crippen LogP contribution in [0.25, 0.3) is 43.9 Å². The summed E-state index contributed by atoms with van der Waals surface area (Å²) in [6.07, 6.45) is 0. The van der Waals surface area contributed by atoms with E-state index in [1.807, 2.05) is 0 Å². The van der Waals surface area contributed by atoms with Crippen LogP contribution in [0, 0.1) is 11.6 Å². The first-order chi connectivity index (χ1) is 17.4. The lowest BCUT2D eigenvalue weighted by Crippen LogP contribution is -2.28. The minimum atomic E-state index is -5.82. The Labute approximate surface area is 204 Å². The fraction of sp³-hybridized carbons (Fsp3) is 0.0400. The average Bonchev–Trinajstić information content (AvgIpc) is 3.38. The molecular weight excluding hydrogens is 523 g/mol. The highest BCUT2D eigenvalue weighted by Crippen LogP contribution is 2.37. The third-order valence-corrected chi connectivity index (χ3v) is 6.31. The molecule has 4 aromatic carbocycles. The Bertz CT molecular complexity index is 1900. The molecule has 0 aliphatic heterocycles. The van der Waals surface area contributed by atoms with Gasteiger partial charge in [-0.15, -0.1) is 0 Å². The van der Waals surface area contributed by atoms with Gasteiger partial charge in [0.15, 0.2) is 22.7 Å². The van der Waals surface area contributed by atoms with Crippen LogP contribution in [0.4, 0.5) is 22.0 Å². The number of benzene rings is 4. The standard InChI is InChI=1S/C13H6F4O4S.C12H7FO2/c14-7-4-5-10-9(6-7)8-2-1-3-11(12(8)20-10)21-22(18,19)13(15,16)17;13-7-4-5-11-9(6-7)8-2-1-3-10(14)12(8)15-11/h1-6H;1-6,14H. The summed E-state index contributed by atoms with van der Waals surface area (Å²) < 4.78 is 100. The van der Waals surface area contributed by atoms with Crippen molar-refractivity contribution in [2.45, 2.75) is 5.51 Å². The van der Waals surface area contributed by atoms with E-state index in [2.05, 4.69) is 4.18 Å². The predicted octanol–water partition coefficient (Wildman–Crippen LogP) is 7.38. The van der Waals surface area contributed by atoms with Crippen molar-refractivity contribution < 1.29 is 48.5 Å². The molecule has 0 aliphatic carbocycles. The zero-order valence-electron chi connectivity index (χ0n) is 18.2. The lowest BCUT2D eigenvalue weighted by Gasteiger charge is -2.09. The van der Waals surface area contributed by atoms with Gasteiger partial charge in [0.1, 0.15) is 22.8 Å². The molecular formula is C25H13F5O6S. The van der Waals surface area contributed by atoms with Crippen LogP contribution in [-0.2, 0) is 10.1 Å². The normalized spacial score (nSPS) is 12.2. The second-order valence-electron chi connectivity index (χ2n) is 7.75. The maximum Gasteiger partial charge on any atom is 0.534 e. The van der Waals surface area contributed by atoms with Gasteiger partial charge >= 0.3 is 15.6 Å². The summed E-state index contributed by atoms with van der Waals surface area (Å²) in [6, 6.07) is 16.6. The summed E-state index contributed by atoms with van der Waals surface area (Å²) in [4.78, 5) is 0. The van der Waals surface area contributed by atoms with Crippen LogP contribution in [0.2, 0.25) is 0 Å². The molecule has 6 aromatic rings. The molecule has 0 amide bonds. The van der Waals surface area contributed by atoms with E-state index in [4.69, 9.17) is 8.83 Å². The van der Waals surface area contributed by atoms with Gasteiger partial charge in [0.25, 0.3) is 0 Å². The molecule has 0 fully saturated rings. The Balaban J connectivity index is 0.000000162. The van der Waals surface area contributed by atoms with E-state index in [1.165, 1.54) is 30.3 Å². The van der Waals surface area contributed by atoms with Crippen LogP contribution in [0.15, 0.2) is 81.6 Å². The van der Waals surface area contributed by atoms with Crippen LogP contribution in [0.3, 0.4) is 0 Å². The fourth-order valence-electron chi connectivity index (χ4n) is 3.73. The van der Waals surface area contributed by atoms with Crippen molar-refractivity contribution in [3.63, 3.8) is 0 Å². The van der Waals surface area contributed by atoms with Crippen LogP contribution >= 0.6 is 0 Å². The van der Waals surface area contributed by atoms with E-state index in [0.29, 0.717) is 21.9 Å². The fourth-order valence-corrected chi connectivity index (χ4v) is 4.19. The Morgan fingerprint density at radius 1 is 0.703 bits per heavy atom. The van der Waals surface area contributed by atoms with E-state index in [1.54, 1.807) is 24.3 Å². The van der Waals surface area contributed by atoms with E-state index in [0.717, 1.165) is 23.6 Å². The number of hydrogen-bond acceptors (Lipinski definition) is 6. The lowest BCUT2D eigenvalue weighted by atomic mass is 10.1. The number of rotatable bonds is 2. The number of furan rings is 2. The van der Waals surface area contributed by atoms with Gasteiger partial charge in [-0.05, 0) is 48.5 Å². The summed E-state index contributed by atoms with van der Waals surface area (Å²) in [6.45, 7) is 0. The number of alkyl halides is 3. The van der Waals surface area contributed by atoms with Gasteiger partial charge < -0.3 is 18.1 Å². The summed E-state index contributed by atoms with van der Waals surface area (Å²) in [7, 11) is -5.82. The van der Waals surface area contributed by atoms with Gasteiger partial charge in [0.2, 0.25) is 0 Å². The highest BCUT2D eigenvalue weighted by molar-refractivity contribution is 7.88. The molecule has 1 N–H and O–H groups in total. The summed E-state index contributed by atoms with van der Waals surface area (Å²) >= 11 is 0. The number of fused-ring (bicyclic) bond motifs is 6. The second-order valence-corrected chi connectivity index (χ2v) is 9.29. The Kier molecular flexibility index (Phi) is 5.71. The van der Waals surface area contributed by atoms with E-state index in [9.17, 15) is 35.5 Å². The Hall–Kier alpha value is -4.32. The van der Waals surface area contributed by atoms with Crippen molar-refractivity contribution in [1.82, 2.24) is 0 Å². The van der Waals surface area contributed by atoms with Crippen LogP contribution < -0.4 is 4.18 Å². The molecule has 37 heavy (non-hydrogen) atoms. The molecule has 0 unspecified atom stereocenters. The Morgan fingerprint density at radius 3 is 1.78 bits per heavy atom.